The average Bonchev–Trinajstić information content (AvgIpc) is 3.05. The minimum atomic E-state index is -4.37. The number of benzene rings is 2. The summed E-state index contributed by atoms with van der Waals surface area (Å²) in [6.45, 7) is 1.53. The number of hydrogen-bond acceptors (Lipinski definition) is 2. The third kappa shape index (κ3) is 4.62. The number of amides is 2. The molecular weight excluding hydrogens is 528 g/mol. The topological polar surface area (TPSA) is 58.2 Å². The molecule has 0 aromatic heterocycles. The van der Waals surface area contributed by atoms with Crippen LogP contribution in [0.15, 0.2) is 34.8 Å². The highest BCUT2D eigenvalue weighted by atomic mass is 79.9. The van der Waals surface area contributed by atoms with Gasteiger partial charge in [0.05, 0.1) is 12.0 Å². The second kappa shape index (κ2) is 8.58. The number of carbonyl (C=O) groups excluding carboxylic acids is 2. The van der Waals surface area contributed by atoms with E-state index in [1.807, 2.05) is 0 Å². The molecule has 1 saturated carbocycles. The Morgan fingerprint density at radius 2 is 2.00 bits per heavy atom. The van der Waals surface area contributed by atoms with E-state index >= 15 is 0 Å². The minimum absolute atomic E-state index is 0.00276. The predicted octanol–water partition coefficient (Wildman–Crippen LogP) is 6.77. The molecular formula is C23H20BrClF4N2O2. The van der Waals surface area contributed by atoms with E-state index in [-0.39, 0.29) is 35.5 Å². The van der Waals surface area contributed by atoms with Crippen LogP contribution < -0.4 is 10.6 Å². The first-order chi connectivity index (χ1) is 15.4. The van der Waals surface area contributed by atoms with Crippen molar-refractivity contribution in [3.05, 3.63) is 62.3 Å². The van der Waals surface area contributed by atoms with E-state index in [9.17, 15) is 27.2 Å². The summed E-state index contributed by atoms with van der Waals surface area (Å²) >= 11 is 9.58. The maximum Gasteiger partial charge on any atom is 0.391 e. The van der Waals surface area contributed by atoms with Gasteiger partial charge in [0.25, 0.3) is 5.91 Å². The second-order valence-electron chi connectivity index (χ2n) is 8.84. The molecule has 0 unspecified atom stereocenters. The van der Waals surface area contributed by atoms with Crippen molar-refractivity contribution < 1.29 is 27.2 Å². The van der Waals surface area contributed by atoms with E-state index in [0.717, 1.165) is 0 Å². The lowest BCUT2D eigenvalue weighted by atomic mass is 9.70. The first kappa shape index (κ1) is 24.0. The average molecular weight is 548 g/mol. The number of nitrogens with one attached hydrogen (secondary N) is 2. The summed E-state index contributed by atoms with van der Waals surface area (Å²) < 4.78 is 54.4. The lowest BCUT2D eigenvalue weighted by Crippen LogP contribution is -2.41. The van der Waals surface area contributed by atoms with Crippen LogP contribution in [0.1, 0.15) is 60.1 Å². The molecule has 2 N–H and O–H groups in total. The molecule has 33 heavy (non-hydrogen) atoms. The van der Waals surface area contributed by atoms with Crippen LogP contribution in [0.4, 0.5) is 23.2 Å². The molecule has 0 saturated heterocycles. The Bertz CT molecular complexity index is 1140. The van der Waals surface area contributed by atoms with Gasteiger partial charge in [0.15, 0.2) is 0 Å². The molecule has 3 atom stereocenters. The maximum absolute atomic E-state index is 13.9. The van der Waals surface area contributed by atoms with Crippen molar-refractivity contribution in [1.29, 1.82) is 0 Å². The monoisotopic (exact) mass is 546 g/mol. The van der Waals surface area contributed by atoms with Crippen molar-refractivity contribution in [2.24, 2.45) is 11.3 Å². The quantitative estimate of drug-likeness (QED) is 0.417. The Morgan fingerprint density at radius 1 is 1.27 bits per heavy atom. The Balaban J connectivity index is 1.71. The summed E-state index contributed by atoms with van der Waals surface area (Å²) in [6.07, 6.45) is -4.08. The molecule has 0 spiro atoms. The van der Waals surface area contributed by atoms with Crippen molar-refractivity contribution in [1.82, 2.24) is 5.32 Å². The first-order valence-corrected chi connectivity index (χ1v) is 11.5. The molecule has 10 heteroatoms. The van der Waals surface area contributed by atoms with Gasteiger partial charge in [0.1, 0.15) is 5.82 Å². The SMILES string of the molecule is C[C@]1(C(=O)Nc2cc(Br)cc3c2[C@H](c2cc(F)ccc2Cl)NC3=O)CCC[C@@H](C(F)(F)F)C1. The molecule has 0 radical (unpaired) electrons. The summed E-state index contributed by atoms with van der Waals surface area (Å²) in [5.41, 5.74) is -0.0239. The third-order valence-corrected chi connectivity index (χ3v) is 7.26. The normalized spacial score (nSPS) is 24.9. The Kier molecular flexibility index (Phi) is 6.24. The number of anilines is 1. The minimum Gasteiger partial charge on any atom is -0.341 e. The van der Waals surface area contributed by atoms with Crippen molar-refractivity contribution in [3.8, 4) is 0 Å². The molecule has 2 amide bonds. The number of alkyl halides is 3. The highest BCUT2D eigenvalue weighted by Gasteiger charge is 2.49. The van der Waals surface area contributed by atoms with Crippen LogP contribution in [0.5, 0.6) is 0 Å². The van der Waals surface area contributed by atoms with Gasteiger partial charge >= 0.3 is 6.18 Å². The molecule has 2 aromatic rings. The fourth-order valence-electron chi connectivity index (χ4n) is 4.72. The van der Waals surface area contributed by atoms with Gasteiger partial charge in [-0.15, -0.1) is 0 Å². The fraction of sp³-hybridized carbons (Fsp3) is 0.391. The second-order valence-corrected chi connectivity index (χ2v) is 10.2. The molecule has 2 aliphatic rings. The van der Waals surface area contributed by atoms with Gasteiger partial charge in [-0.2, -0.15) is 13.2 Å². The number of carbonyl (C=O) groups is 2. The van der Waals surface area contributed by atoms with Crippen LogP contribution in [0.2, 0.25) is 5.02 Å². The largest absolute Gasteiger partial charge is 0.391 e. The highest BCUT2D eigenvalue weighted by molar-refractivity contribution is 9.10. The Morgan fingerprint density at radius 3 is 2.70 bits per heavy atom. The molecule has 1 aliphatic carbocycles. The van der Waals surface area contributed by atoms with Gasteiger partial charge in [0, 0.05) is 37.3 Å². The molecule has 1 heterocycles. The molecule has 1 fully saturated rings. The van der Waals surface area contributed by atoms with E-state index in [0.29, 0.717) is 22.0 Å². The highest BCUT2D eigenvalue weighted by Crippen LogP contribution is 2.47. The molecule has 4 nitrogen and oxygen atoms in total. The smallest absolute Gasteiger partial charge is 0.341 e. The van der Waals surface area contributed by atoms with E-state index in [2.05, 4.69) is 26.6 Å². The first-order valence-electron chi connectivity index (χ1n) is 10.4. The van der Waals surface area contributed by atoms with Crippen LogP contribution in [0.25, 0.3) is 0 Å². The standard InChI is InChI=1S/C23H20BrClF4N2O2/c1-22(6-2-3-11(10-22)23(27,28)29)21(33)30-17-8-12(24)7-15-18(17)19(31-20(15)32)14-9-13(26)4-5-16(14)25/h4-5,7-9,11,19H,2-3,6,10H2,1H3,(H,30,33)(H,31,32)/t11-,19+,22+/m1/s1. The lowest BCUT2D eigenvalue weighted by Gasteiger charge is -2.37. The summed E-state index contributed by atoms with van der Waals surface area (Å²) in [7, 11) is 0. The van der Waals surface area contributed by atoms with Crippen LogP contribution in [-0.2, 0) is 4.79 Å². The number of fused-ring (bicyclic) bond motifs is 1. The third-order valence-electron chi connectivity index (χ3n) is 6.46. The zero-order valence-electron chi connectivity index (χ0n) is 17.5. The van der Waals surface area contributed by atoms with E-state index in [4.69, 9.17) is 11.6 Å². The summed E-state index contributed by atoms with van der Waals surface area (Å²) in [4.78, 5) is 25.9. The van der Waals surface area contributed by atoms with Crippen LogP contribution in [0.3, 0.4) is 0 Å². The van der Waals surface area contributed by atoms with E-state index in [1.165, 1.54) is 25.1 Å². The Hall–Kier alpha value is -2.13. The molecule has 176 valence electrons. The molecule has 4 rings (SSSR count). The van der Waals surface area contributed by atoms with Crippen LogP contribution in [0, 0.1) is 17.2 Å². The maximum atomic E-state index is 13.9. The molecule has 0 bridgehead atoms. The van der Waals surface area contributed by atoms with Crippen molar-refractivity contribution in [2.75, 3.05) is 5.32 Å². The fourth-order valence-corrected chi connectivity index (χ4v) is 5.40. The van der Waals surface area contributed by atoms with Crippen molar-refractivity contribution >= 4 is 45.0 Å². The van der Waals surface area contributed by atoms with Gasteiger partial charge in [-0.1, -0.05) is 40.9 Å². The summed E-state index contributed by atoms with van der Waals surface area (Å²) in [5.74, 6) is -3.08. The van der Waals surface area contributed by atoms with Gasteiger partial charge < -0.3 is 10.6 Å². The number of hydrogen-bond donors (Lipinski definition) is 2. The van der Waals surface area contributed by atoms with Crippen LogP contribution >= 0.6 is 27.5 Å². The lowest BCUT2D eigenvalue weighted by molar-refractivity contribution is -0.191. The zero-order valence-corrected chi connectivity index (χ0v) is 19.8. The molecule has 2 aromatic carbocycles. The molecule has 1 aliphatic heterocycles. The summed E-state index contributed by atoms with van der Waals surface area (Å²) in [6, 6.07) is 6.07. The van der Waals surface area contributed by atoms with Crippen molar-refractivity contribution in [2.45, 2.75) is 44.8 Å². The number of rotatable bonds is 3. The Labute approximate surface area is 201 Å². The zero-order chi connectivity index (χ0) is 24.1. The van der Waals surface area contributed by atoms with Gasteiger partial charge in [-0.25, -0.2) is 4.39 Å². The van der Waals surface area contributed by atoms with Gasteiger partial charge in [-0.05, 0) is 49.6 Å². The van der Waals surface area contributed by atoms with E-state index < -0.39 is 41.2 Å². The van der Waals surface area contributed by atoms with Crippen LogP contribution in [-0.4, -0.2) is 18.0 Å². The van der Waals surface area contributed by atoms with Crippen molar-refractivity contribution in [3.63, 3.8) is 0 Å². The summed E-state index contributed by atoms with van der Waals surface area (Å²) in [5, 5.41) is 5.73. The van der Waals surface area contributed by atoms with E-state index in [1.54, 1.807) is 12.1 Å². The van der Waals surface area contributed by atoms with Gasteiger partial charge in [-0.3, -0.25) is 9.59 Å². The number of halogens is 6. The predicted molar refractivity (Wildman–Crippen MR) is 120 cm³/mol. The van der Waals surface area contributed by atoms with Gasteiger partial charge in [0.2, 0.25) is 5.91 Å².